The molecular formula is C23H31N3O5. The third kappa shape index (κ3) is 4.89. The van der Waals surface area contributed by atoms with Crippen molar-refractivity contribution >= 4 is 29.5 Å². The van der Waals surface area contributed by atoms with Gasteiger partial charge in [0.1, 0.15) is 12.1 Å². The Bertz CT molecular complexity index is 876. The molecule has 168 valence electrons. The van der Waals surface area contributed by atoms with Crippen LogP contribution in [0.2, 0.25) is 0 Å². The molecular weight excluding hydrogens is 398 g/mol. The van der Waals surface area contributed by atoms with Crippen LogP contribution in [0.1, 0.15) is 64.0 Å². The lowest BCUT2D eigenvalue weighted by Crippen LogP contribution is -2.47. The fourth-order valence-electron chi connectivity index (χ4n) is 4.45. The maximum absolute atomic E-state index is 12.9. The highest BCUT2D eigenvalue weighted by Crippen LogP contribution is 2.28. The van der Waals surface area contributed by atoms with Crippen LogP contribution in [0.3, 0.4) is 0 Å². The Morgan fingerprint density at radius 2 is 1.84 bits per heavy atom. The Labute approximate surface area is 182 Å². The van der Waals surface area contributed by atoms with E-state index in [1.165, 1.54) is 18.1 Å². The zero-order chi connectivity index (χ0) is 22.6. The molecule has 1 saturated heterocycles. The lowest BCUT2D eigenvalue weighted by Gasteiger charge is -2.25. The molecule has 1 fully saturated rings. The number of nitrogens with one attached hydrogen (secondary N) is 2. The Morgan fingerprint density at radius 3 is 2.52 bits per heavy atom. The summed E-state index contributed by atoms with van der Waals surface area (Å²) in [5.74, 6) is -1.67. The van der Waals surface area contributed by atoms with E-state index in [-0.39, 0.29) is 0 Å². The van der Waals surface area contributed by atoms with E-state index in [0.717, 1.165) is 37.0 Å². The zero-order valence-electron chi connectivity index (χ0n) is 18.5. The van der Waals surface area contributed by atoms with E-state index in [9.17, 15) is 19.2 Å². The lowest BCUT2D eigenvalue weighted by atomic mass is 9.88. The minimum absolute atomic E-state index is 0.409. The summed E-state index contributed by atoms with van der Waals surface area (Å²) in [6, 6.07) is 5.19. The van der Waals surface area contributed by atoms with Crippen LogP contribution in [0.25, 0.3) is 0 Å². The first-order valence-electron chi connectivity index (χ1n) is 11.1. The van der Waals surface area contributed by atoms with Crippen molar-refractivity contribution in [1.82, 2.24) is 10.2 Å². The molecule has 0 aromatic heterocycles. The highest BCUT2D eigenvalue weighted by atomic mass is 16.5. The molecule has 1 heterocycles. The van der Waals surface area contributed by atoms with Gasteiger partial charge < -0.3 is 15.4 Å². The van der Waals surface area contributed by atoms with Gasteiger partial charge in [-0.25, -0.2) is 4.79 Å². The van der Waals surface area contributed by atoms with Gasteiger partial charge in [0.2, 0.25) is 0 Å². The number of nitrogens with zero attached hydrogens (tertiary/aromatic N) is 1. The second-order valence-electron chi connectivity index (χ2n) is 8.36. The summed E-state index contributed by atoms with van der Waals surface area (Å²) in [4.78, 5) is 50.9. The zero-order valence-corrected chi connectivity index (χ0v) is 18.5. The summed E-state index contributed by atoms with van der Waals surface area (Å²) >= 11 is 0. The largest absolute Gasteiger partial charge is 0.451 e. The Hall–Kier alpha value is -2.90. The topological polar surface area (TPSA) is 105 Å². The molecule has 1 aromatic rings. The maximum Gasteiger partial charge on any atom is 0.327 e. The first-order valence-corrected chi connectivity index (χ1v) is 11.1. The number of hydrogen-bond acceptors (Lipinski definition) is 5. The van der Waals surface area contributed by atoms with E-state index in [1.54, 1.807) is 0 Å². The highest BCUT2D eigenvalue weighted by molar-refractivity contribution is 6.08. The molecule has 0 bridgehead atoms. The molecule has 2 aliphatic rings. The van der Waals surface area contributed by atoms with Crippen molar-refractivity contribution in [3.8, 4) is 0 Å². The minimum atomic E-state index is -1.06. The molecule has 1 aliphatic heterocycles. The first kappa shape index (κ1) is 22.8. The second kappa shape index (κ2) is 9.49. The molecule has 8 nitrogen and oxygen atoms in total. The number of carbonyl (C=O) groups excluding carboxylic acids is 4. The van der Waals surface area contributed by atoms with Crippen LogP contribution in [0.15, 0.2) is 18.2 Å². The average molecular weight is 430 g/mol. The number of hydrogen-bond donors (Lipinski definition) is 2. The van der Waals surface area contributed by atoms with Crippen molar-refractivity contribution in [2.45, 2.75) is 77.4 Å². The van der Waals surface area contributed by atoms with Gasteiger partial charge in [-0.1, -0.05) is 32.8 Å². The molecule has 4 amide bonds. The van der Waals surface area contributed by atoms with Gasteiger partial charge in [0.15, 0.2) is 6.10 Å². The van der Waals surface area contributed by atoms with Crippen LogP contribution in [-0.2, 0) is 32.0 Å². The molecule has 0 radical (unpaired) electrons. The molecule has 0 saturated carbocycles. The molecule has 3 rings (SSSR count). The predicted molar refractivity (Wildman–Crippen MR) is 115 cm³/mol. The number of imide groups is 1. The number of benzene rings is 1. The average Bonchev–Trinajstić information content (AvgIpc) is 3.27. The third-order valence-corrected chi connectivity index (χ3v) is 5.93. The van der Waals surface area contributed by atoms with Gasteiger partial charge in [-0.05, 0) is 62.3 Å². The van der Waals surface area contributed by atoms with Crippen molar-refractivity contribution in [3.63, 3.8) is 0 Å². The Kier molecular flexibility index (Phi) is 6.97. The van der Waals surface area contributed by atoms with E-state index in [2.05, 4.69) is 10.6 Å². The van der Waals surface area contributed by atoms with Crippen molar-refractivity contribution in [1.29, 1.82) is 0 Å². The molecule has 1 aromatic carbocycles. The van der Waals surface area contributed by atoms with Crippen molar-refractivity contribution in [2.75, 3.05) is 11.9 Å². The van der Waals surface area contributed by atoms with Crippen LogP contribution >= 0.6 is 0 Å². The predicted octanol–water partition coefficient (Wildman–Crippen LogP) is 2.94. The van der Waals surface area contributed by atoms with Crippen LogP contribution < -0.4 is 10.6 Å². The van der Waals surface area contributed by atoms with Crippen LogP contribution in [0.4, 0.5) is 10.5 Å². The smallest absolute Gasteiger partial charge is 0.327 e. The highest BCUT2D eigenvalue weighted by Gasteiger charge is 2.50. The van der Waals surface area contributed by atoms with E-state index >= 15 is 0 Å². The fourth-order valence-corrected chi connectivity index (χ4v) is 4.45. The standard InChI is InChI=1S/C23H31N3O5/c1-4-11-23(12-5-2)21(29)26(22(30)25-23)14-19(27)31-15(3)20(28)24-18-10-9-16-7-6-8-17(16)13-18/h9-10,13,15H,4-8,11-12,14H2,1-3H3,(H,24,28)(H,25,30)/t15-/m1/s1. The van der Waals surface area contributed by atoms with E-state index in [1.807, 2.05) is 32.0 Å². The van der Waals surface area contributed by atoms with Gasteiger partial charge in [-0.3, -0.25) is 19.3 Å². The fraction of sp³-hybridized carbons (Fsp3) is 0.565. The summed E-state index contributed by atoms with van der Waals surface area (Å²) in [6.07, 6.45) is 4.58. The number of carbonyl (C=O) groups is 4. The van der Waals surface area contributed by atoms with E-state index in [0.29, 0.717) is 18.5 Å². The summed E-state index contributed by atoms with van der Waals surface area (Å²) in [6.45, 7) is 4.82. The van der Waals surface area contributed by atoms with Gasteiger partial charge in [0.25, 0.3) is 11.8 Å². The van der Waals surface area contributed by atoms with Gasteiger partial charge in [0, 0.05) is 5.69 Å². The number of rotatable bonds is 9. The number of esters is 1. The molecule has 8 heteroatoms. The molecule has 2 N–H and O–H groups in total. The Balaban J connectivity index is 1.56. The minimum Gasteiger partial charge on any atom is -0.451 e. The first-order chi connectivity index (χ1) is 14.8. The second-order valence-corrected chi connectivity index (χ2v) is 8.36. The molecule has 31 heavy (non-hydrogen) atoms. The molecule has 0 unspecified atom stereocenters. The summed E-state index contributed by atoms with van der Waals surface area (Å²) in [7, 11) is 0. The maximum atomic E-state index is 12.9. The number of urea groups is 1. The number of aryl methyl sites for hydroxylation is 2. The van der Waals surface area contributed by atoms with Crippen molar-refractivity contribution in [3.05, 3.63) is 29.3 Å². The van der Waals surface area contributed by atoms with Crippen molar-refractivity contribution < 1.29 is 23.9 Å². The molecule has 1 aliphatic carbocycles. The normalized spacial score (nSPS) is 17.8. The monoisotopic (exact) mass is 429 g/mol. The number of amides is 4. The van der Waals surface area contributed by atoms with Gasteiger partial charge in [-0.2, -0.15) is 0 Å². The van der Waals surface area contributed by atoms with Crippen LogP contribution in [-0.4, -0.2) is 46.9 Å². The van der Waals surface area contributed by atoms with Crippen LogP contribution in [0, 0.1) is 0 Å². The van der Waals surface area contributed by atoms with E-state index < -0.39 is 42.0 Å². The SMILES string of the molecule is CCCC1(CCC)NC(=O)N(CC(=O)O[C@H](C)C(=O)Nc2ccc3c(c2)CCC3)C1=O. The van der Waals surface area contributed by atoms with Crippen molar-refractivity contribution in [2.24, 2.45) is 0 Å². The van der Waals surface area contributed by atoms with Gasteiger partial charge in [-0.15, -0.1) is 0 Å². The molecule has 0 spiro atoms. The van der Waals surface area contributed by atoms with E-state index in [4.69, 9.17) is 4.74 Å². The summed E-state index contributed by atoms with van der Waals surface area (Å²) in [5.41, 5.74) is 2.22. The number of ether oxygens (including phenoxy) is 1. The summed E-state index contributed by atoms with van der Waals surface area (Å²) < 4.78 is 5.20. The quantitative estimate of drug-likeness (QED) is 0.464. The van der Waals surface area contributed by atoms with Gasteiger partial charge >= 0.3 is 12.0 Å². The third-order valence-electron chi connectivity index (χ3n) is 5.93. The Morgan fingerprint density at radius 1 is 1.16 bits per heavy atom. The van der Waals surface area contributed by atoms with Crippen LogP contribution in [0.5, 0.6) is 0 Å². The summed E-state index contributed by atoms with van der Waals surface area (Å²) in [5, 5.41) is 5.51. The number of anilines is 1. The lowest BCUT2D eigenvalue weighted by molar-refractivity contribution is -0.155. The number of fused-ring (bicyclic) bond motifs is 1. The van der Waals surface area contributed by atoms with Gasteiger partial charge in [0.05, 0.1) is 0 Å². The molecule has 1 atom stereocenters.